The van der Waals surface area contributed by atoms with Crippen LogP contribution in [0.25, 0.3) is 0 Å². The van der Waals surface area contributed by atoms with Gasteiger partial charge in [0.05, 0.1) is 5.54 Å². The Morgan fingerprint density at radius 2 is 1.95 bits per heavy atom. The van der Waals surface area contributed by atoms with Crippen LogP contribution in [0, 0.1) is 0 Å². The number of nitrogens with zero attached hydrogens (tertiary/aromatic N) is 2. The van der Waals surface area contributed by atoms with E-state index in [0.717, 1.165) is 19.4 Å². The van der Waals surface area contributed by atoms with E-state index in [1.54, 1.807) is 4.90 Å². The summed E-state index contributed by atoms with van der Waals surface area (Å²) in [5, 5.41) is 2.03. The number of hydrogen-bond donors (Lipinski definition) is 1. The second kappa shape index (κ2) is 5.24. The van der Waals surface area contributed by atoms with E-state index in [-0.39, 0.29) is 17.5 Å². The highest BCUT2D eigenvalue weighted by Gasteiger charge is 2.47. The molecule has 0 bridgehead atoms. The van der Waals surface area contributed by atoms with E-state index in [9.17, 15) is 9.59 Å². The van der Waals surface area contributed by atoms with Crippen molar-refractivity contribution in [3.05, 3.63) is 0 Å². The Morgan fingerprint density at radius 3 is 2.45 bits per heavy atom. The zero-order valence-corrected chi connectivity index (χ0v) is 12.9. The molecule has 0 aliphatic carbocycles. The predicted octanol–water partition coefficient (Wildman–Crippen LogP) is 1.51. The van der Waals surface area contributed by atoms with Gasteiger partial charge in [-0.2, -0.15) is 0 Å². The van der Waals surface area contributed by atoms with Crippen LogP contribution in [0.4, 0.5) is 4.79 Å². The molecule has 0 atom stereocenters. The molecule has 0 aromatic carbocycles. The van der Waals surface area contributed by atoms with Crippen molar-refractivity contribution in [2.24, 2.45) is 0 Å². The summed E-state index contributed by atoms with van der Waals surface area (Å²) in [6.45, 7) is 9.71. The number of carbonyl (C=O) groups excluding carboxylic acids is 2. The van der Waals surface area contributed by atoms with Crippen LogP contribution in [-0.2, 0) is 9.53 Å². The summed E-state index contributed by atoms with van der Waals surface area (Å²) in [6.07, 6.45) is 1.88. The molecule has 0 saturated carbocycles. The van der Waals surface area contributed by atoms with Crippen molar-refractivity contribution in [3.63, 3.8) is 0 Å². The summed E-state index contributed by atoms with van der Waals surface area (Å²) in [6, 6.07) is 0. The van der Waals surface area contributed by atoms with Gasteiger partial charge < -0.3 is 9.64 Å². The number of likely N-dealkylation sites (tertiary alicyclic amines) is 1. The highest BCUT2D eigenvalue weighted by atomic mass is 16.6. The number of nitrogens with one attached hydrogen (secondary N) is 1. The fourth-order valence-electron chi connectivity index (χ4n) is 3.00. The summed E-state index contributed by atoms with van der Waals surface area (Å²) in [5.74, 6) is 0.0811. The first kappa shape index (κ1) is 15.1. The number of hydrogen-bond acceptors (Lipinski definition) is 4. The van der Waals surface area contributed by atoms with Crippen molar-refractivity contribution in [1.29, 1.82) is 0 Å². The lowest BCUT2D eigenvalue weighted by Crippen LogP contribution is -2.55. The SMILES string of the molecule is CCN1NC(=O)CC12CCN(C(=O)OC(C)(C)C)CC2. The molecule has 2 aliphatic heterocycles. The predicted molar refractivity (Wildman–Crippen MR) is 74.9 cm³/mol. The second-order valence-electron chi connectivity index (χ2n) is 6.65. The van der Waals surface area contributed by atoms with Gasteiger partial charge in [-0.1, -0.05) is 6.92 Å². The maximum absolute atomic E-state index is 12.0. The number of rotatable bonds is 1. The summed E-state index contributed by atoms with van der Waals surface area (Å²) < 4.78 is 5.39. The lowest BCUT2D eigenvalue weighted by atomic mass is 9.85. The van der Waals surface area contributed by atoms with E-state index >= 15 is 0 Å². The minimum absolute atomic E-state index is 0.0811. The van der Waals surface area contributed by atoms with Crippen LogP contribution in [0.3, 0.4) is 0 Å². The van der Waals surface area contributed by atoms with Gasteiger partial charge in [0, 0.05) is 26.1 Å². The first-order chi connectivity index (χ1) is 9.26. The molecule has 0 aromatic heterocycles. The van der Waals surface area contributed by atoms with E-state index in [1.165, 1.54) is 0 Å². The molecule has 1 spiro atoms. The third-order valence-electron chi connectivity index (χ3n) is 3.98. The zero-order chi connectivity index (χ0) is 15.0. The molecule has 0 aromatic rings. The Hall–Kier alpha value is -1.30. The number of ether oxygens (including phenoxy) is 1. The van der Waals surface area contributed by atoms with Crippen LogP contribution in [0.1, 0.15) is 47.0 Å². The van der Waals surface area contributed by atoms with Gasteiger partial charge in [0.15, 0.2) is 0 Å². The number of carbonyl (C=O) groups is 2. The van der Waals surface area contributed by atoms with Gasteiger partial charge in [-0.05, 0) is 33.6 Å². The number of hydrazine groups is 1. The van der Waals surface area contributed by atoms with Crippen molar-refractivity contribution < 1.29 is 14.3 Å². The van der Waals surface area contributed by atoms with Crippen molar-refractivity contribution in [1.82, 2.24) is 15.3 Å². The van der Waals surface area contributed by atoms with Crippen LogP contribution in [0.2, 0.25) is 0 Å². The molecule has 2 fully saturated rings. The zero-order valence-electron chi connectivity index (χ0n) is 12.9. The molecular weight excluding hydrogens is 258 g/mol. The van der Waals surface area contributed by atoms with Crippen LogP contribution >= 0.6 is 0 Å². The van der Waals surface area contributed by atoms with Gasteiger partial charge in [-0.15, -0.1) is 0 Å². The summed E-state index contributed by atoms with van der Waals surface area (Å²) in [7, 11) is 0. The van der Waals surface area contributed by atoms with Gasteiger partial charge in [0.25, 0.3) is 0 Å². The minimum Gasteiger partial charge on any atom is -0.444 e. The molecule has 114 valence electrons. The van der Waals surface area contributed by atoms with Gasteiger partial charge in [0.2, 0.25) is 5.91 Å². The summed E-state index contributed by atoms with van der Waals surface area (Å²) >= 11 is 0. The van der Waals surface area contributed by atoms with Crippen LogP contribution < -0.4 is 5.43 Å². The van der Waals surface area contributed by atoms with Crippen LogP contribution in [0.5, 0.6) is 0 Å². The third kappa shape index (κ3) is 3.06. The van der Waals surface area contributed by atoms with Gasteiger partial charge in [-0.25, -0.2) is 9.80 Å². The van der Waals surface area contributed by atoms with Crippen molar-refractivity contribution in [2.75, 3.05) is 19.6 Å². The Labute approximate surface area is 120 Å². The molecule has 0 unspecified atom stereocenters. The fraction of sp³-hybridized carbons (Fsp3) is 0.857. The van der Waals surface area contributed by atoms with E-state index < -0.39 is 5.60 Å². The van der Waals surface area contributed by atoms with Gasteiger partial charge in [-0.3, -0.25) is 10.2 Å². The first-order valence-electron chi connectivity index (χ1n) is 7.31. The standard InChI is InChI=1S/C14H25N3O3/c1-5-17-14(10-11(18)15-17)6-8-16(9-7-14)12(19)20-13(2,3)4/h5-10H2,1-4H3,(H,15,18). The van der Waals surface area contributed by atoms with Gasteiger partial charge >= 0.3 is 6.09 Å². The van der Waals surface area contributed by atoms with E-state index in [4.69, 9.17) is 4.74 Å². The van der Waals surface area contributed by atoms with E-state index in [0.29, 0.717) is 19.5 Å². The minimum atomic E-state index is -0.466. The smallest absolute Gasteiger partial charge is 0.410 e. The normalized spacial score (nSPS) is 23.0. The molecule has 2 saturated heterocycles. The molecule has 2 aliphatic rings. The quantitative estimate of drug-likeness (QED) is 0.792. The molecular formula is C14H25N3O3. The lowest BCUT2D eigenvalue weighted by molar-refractivity contribution is -0.120. The first-order valence-corrected chi connectivity index (χ1v) is 7.31. The van der Waals surface area contributed by atoms with Crippen molar-refractivity contribution in [3.8, 4) is 0 Å². The number of amides is 2. The molecule has 0 radical (unpaired) electrons. The maximum atomic E-state index is 12.0. The lowest BCUT2D eigenvalue weighted by Gasteiger charge is -2.43. The Bertz CT molecular complexity index is 395. The Kier molecular flexibility index (Phi) is 3.95. The molecule has 6 heteroatoms. The monoisotopic (exact) mass is 283 g/mol. The molecule has 2 heterocycles. The third-order valence-corrected chi connectivity index (χ3v) is 3.98. The topological polar surface area (TPSA) is 61.9 Å². The Balaban J connectivity index is 1.95. The molecule has 6 nitrogen and oxygen atoms in total. The average molecular weight is 283 g/mol. The fourth-order valence-corrected chi connectivity index (χ4v) is 3.00. The molecule has 1 N–H and O–H groups in total. The average Bonchev–Trinajstić information content (AvgIpc) is 2.64. The van der Waals surface area contributed by atoms with Crippen molar-refractivity contribution in [2.45, 2.75) is 58.1 Å². The van der Waals surface area contributed by atoms with E-state index in [2.05, 4.69) is 5.43 Å². The highest BCUT2D eigenvalue weighted by Crippen LogP contribution is 2.35. The van der Waals surface area contributed by atoms with Crippen LogP contribution in [0.15, 0.2) is 0 Å². The summed E-state index contributed by atoms with van der Waals surface area (Å²) in [5.41, 5.74) is 2.32. The van der Waals surface area contributed by atoms with Crippen molar-refractivity contribution >= 4 is 12.0 Å². The largest absolute Gasteiger partial charge is 0.444 e. The second-order valence-corrected chi connectivity index (χ2v) is 6.65. The number of piperidine rings is 1. The molecule has 20 heavy (non-hydrogen) atoms. The molecule has 2 rings (SSSR count). The summed E-state index contributed by atoms with van der Waals surface area (Å²) in [4.78, 5) is 25.4. The molecule has 2 amide bonds. The Morgan fingerprint density at radius 1 is 1.35 bits per heavy atom. The van der Waals surface area contributed by atoms with E-state index in [1.807, 2.05) is 32.7 Å². The highest BCUT2D eigenvalue weighted by molar-refractivity contribution is 5.79. The maximum Gasteiger partial charge on any atom is 0.410 e. The van der Waals surface area contributed by atoms with Gasteiger partial charge in [0.1, 0.15) is 5.60 Å². The van der Waals surface area contributed by atoms with Crippen LogP contribution in [-0.4, -0.2) is 52.7 Å².